The molecule has 0 radical (unpaired) electrons. The lowest BCUT2D eigenvalue weighted by molar-refractivity contribution is -0.0695. The number of nitrogens with zero attached hydrogens (tertiary/aromatic N) is 1. The molecular formula is C12H16ClNO. The summed E-state index contributed by atoms with van der Waals surface area (Å²) in [5.41, 5.74) is 3.04. The van der Waals surface area contributed by atoms with Crippen molar-refractivity contribution in [3.05, 3.63) is 35.4 Å². The number of hydrogen-bond donors (Lipinski definition) is 0. The molecule has 0 spiro atoms. The third kappa shape index (κ3) is 2.03. The van der Waals surface area contributed by atoms with Gasteiger partial charge in [-0.15, -0.1) is 12.4 Å². The van der Waals surface area contributed by atoms with Crippen LogP contribution >= 0.6 is 12.4 Å². The molecule has 2 nitrogen and oxygen atoms in total. The summed E-state index contributed by atoms with van der Waals surface area (Å²) >= 11 is 0. The van der Waals surface area contributed by atoms with Crippen LogP contribution in [0.2, 0.25) is 0 Å². The summed E-state index contributed by atoms with van der Waals surface area (Å²) in [6.45, 7) is 4.18. The van der Waals surface area contributed by atoms with E-state index in [1.54, 1.807) is 0 Å². The van der Waals surface area contributed by atoms with Crippen LogP contribution in [-0.4, -0.2) is 30.7 Å². The van der Waals surface area contributed by atoms with Crippen LogP contribution in [0.25, 0.3) is 0 Å². The first-order valence-corrected chi connectivity index (χ1v) is 5.32. The summed E-state index contributed by atoms with van der Waals surface area (Å²) in [5.74, 6) is 0. The van der Waals surface area contributed by atoms with Crippen LogP contribution in [0.5, 0.6) is 0 Å². The molecule has 0 aliphatic carbocycles. The number of benzene rings is 1. The summed E-state index contributed by atoms with van der Waals surface area (Å²) in [6, 6.07) is 9.47. The second-order valence-electron chi connectivity index (χ2n) is 4.18. The Morgan fingerprint density at radius 2 is 1.87 bits per heavy atom. The van der Waals surface area contributed by atoms with E-state index >= 15 is 0 Å². The van der Waals surface area contributed by atoms with E-state index < -0.39 is 0 Å². The van der Waals surface area contributed by atoms with Crippen LogP contribution in [0.4, 0.5) is 0 Å². The molecule has 3 rings (SSSR count). The summed E-state index contributed by atoms with van der Waals surface area (Å²) in [7, 11) is 0. The van der Waals surface area contributed by atoms with Gasteiger partial charge in [-0.25, -0.2) is 0 Å². The van der Waals surface area contributed by atoms with Gasteiger partial charge in [0.05, 0.1) is 19.3 Å². The Kier molecular flexibility index (Phi) is 3.29. The molecule has 1 fully saturated rings. The number of hydrogen-bond acceptors (Lipinski definition) is 2. The van der Waals surface area contributed by atoms with E-state index in [1.807, 2.05) is 0 Å². The molecule has 2 aliphatic rings. The van der Waals surface area contributed by atoms with Crippen molar-refractivity contribution in [2.45, 2.75) is 19.0 Å². The molecule has 2 heterocycles. The molecule has 0 N–H and O–H groups in total. The van der Waals surface area contributed by atoms with Gasteiger partial charge >= 0.3 is 0 Å². The molecule has 82 valence electrons. The van der Waals surface area contributed by atoms with Gasteiger partial charge in [0, 0.05) is 13.1 Å². The Morgan fingerprint density at radius 1 is 1.13 bits per heavy atom. The molecule has 0 atom stereocenters. The maximum absolute atomic E-state index is 5.23. The predicted octanol–water partition coefficient (Wildman–Crippen LogP) is 1.87. The molecule has 0 saturated carbocycles. The first-order valence-electron chi connectivity index (χ1n) is 5.32. The van der Waals surface area contributed by atoms with Gasteiger partial charge in [0.2, 0.25) is 0 Å². The van der Waals surface area contributed by atoms with Gasteiger partial charge in [0.1, 0.15) is 0 Å². The van der Waals surface area contributed by atoms with Gasteiger partial charge in [0.25, 0.3) is 0 Å². The molecule has 0 aromatic heterocycles. The average molecular weight is 226 g/mol. The highest BCUT2D eigenvalue weighted by Gasteiger charge is 2.28. The van der Waals surface area contributed by atoms with E-state index in [9.17, 15) is 0 Å². The summed E-state index contributed by atoms with van der Waals surface area (Å²) in [4.78, 5) is 2.55. The Balaban J connectivity index is 0.000000853. The van der Waals surface area contributed by atoms with Crippen LogP contribution < -0.4 is 0 Å². The average Bonchev–Trinajstić information content (AvgIpc) is 2.15. The number of rotatable bonds is 1. The Labute approximate surface area is 96.6 Å². The van der Waals surface area contributed by atoms with E-state index in [2.05, 4.69) is 29.2 Å². The van der Waals surface area contributed by atoms with E-state index in [0.29, 0.717) is 6.04 Å². The maximum Gasteiger partial charge on any atom is 0.0645 e. The van der Waals surface area contributed by atoms with Crippen molar-refractivity contribution < 1.29 is 4.74 Å². The van der Waals surface area contributed by atoms with Crippen molar-refractivity contribution in [2.75, 3.05) is 19.8 Å². The molecule has 2 aliphatic heterocycles. The van der Waals surface area contributed by atoms with Crippen molar-refractivity contribution in [3.63, 3.8) is 0 Å². The second-order valence-corrected chi connectivity index (χ2v) is 4.18. The van der Waals surface area contributed by atoms with Gasteiger partial charge in [-0.05, 0) is 17.5 Å². The molecule has 1 aromatic rings. The van der Waals surface area contributed by atoms with Crippen molar-refractivity contribution >= 4 is 12.4 Å². The number of ether oxygens (including phenoxy) is 1. The van der Waals surface area contributed by atoms with Crippen LogP contribution in [0.3, 0.4) is 0 Å². The molecule has 15 heavy (non-hydrogen) atoms. The largest absolute Gasteiger partial charge is 0.378 e. The lowest BCUT2D eigenvalue weighted by atomic mass is 9.98. The van der Waals surface area contributed by atoms with Crippen LogP contribution in [0, 0.1) is 0 Å². The maximum atomic E-state index is 5.23. The molecule has 1 aromatic carbocycles. The fourth-order valence-corrected chi connectivity index (χ4v) is 2.26. The van der Waals surface area contributed by atoms with E-state index in [-0.39, 0.29) is 12.4 Å². The standard InChI is InChI=1S/C12H15NO.ClH/c1-2-4-11-7-13(12-8-14-9-12)6-5-10(11)3-1;/h1-4,12H,5-9H2;1H. The minimum atomic E-state index is 0. The SMILES string of the molecule is Cl.c1ccc2c(c1)CCN(C1COC1)C2. The summed E-state index contributed by atoms with van der Waals surface area (Å²) < 4.78 is 5.23. The molecular weight excluding hydrogens is 210 g/mol. The Bertz CT molecular complexity index is 338. The van der Waals surface area contributed by atoms with E-state index in [0.717, 1.165) is 19.8 Å². The number of halogens is 1. The Morgan fingerprint density at radius 3 is 2.53 bits per heavy atom. The monoisotopic (exact) mass is 225 g/mol. The van der Waals surface area contributed by atoms with Crippen molar-refractivity contribution in [1.29, 1.82) is 0 Å². The van der Waals surface area contributed by atoms with Gasteiger partial charge in [-0.2, -0.15) is 0 Å². The summed E-state index contributed by atoms with van der Waals surface area (Å²) in [6.07, 6.45) is 1.20. The fraction of sp³-hybridized carbons (Fsp3) is 0.500. The highest BCUT2D eigenvalue weighted by Crippen LogP contribution is 2.22. The number of fused-ring (bicyclic) bond motifs is 1. The van der Waals surface area contributed by atoms with Crippen LogP contribution in [-0.2, 0) is 17.7 Å². The normalized spacial score (nSPS) is 21.3. The van der Waals surface area contributed by atoms with Gasteiger partial charge in [-0.3, -0.25) is 4.90 Å². The topological polar surface area (TPSA) is 12.5 Å². The van der Waals surface area contributed by atoms with Gasteiger partial charge in [0.15, 0.2) is 0 Å². The molecule has 0 bridgehead atoms. The van der Waals surface area contributed by atoms with Crippen molar-refractivity contribution in [1.82, 2.24) is 4.90 Å². The molecule has 1 saturated heterocycles. The second kappa shape index (κ2) is 4.52. The van der Waals surface area contributed by atoms with Crippen LogP contribution in [0.15, 0.2) is 24.3 Å². The van der Waals surface area contributed by atoms with E-state index in [4.69, 9.17) is 4.74 Å². The van der Waals surface area contributed by atoms with Gasteiger partial charge < -0.3 is 4.74 Å². The first kappa shape index (κ1) is 10.9. The van der Waals surface area contributed by atoms with E-state index in [1.165, 1.54) is 24.1 Å². The molecule has 3 heteroatoms. The third-order valence-corrected chi connectivity index (χ3v) is 3.30. The highest BCUT2D eigenvalue weighted by molar-refractivity contribution is 5.85. The third-order valence-electron chi connectivity index (χ3n) is 3.30. The zero-order chi connectivity index (χ0) is 9.38. The zero-order valence-corrected chi connectivity index (χ0v) is 9.50. The molecule has 0 amide bonds. The van der Waals surface area contributed by atoms with Crippen molar-refractivity contribution in [2.24, 2.45) is 0 Å². The predicted molar refractivity (Wildman–Crippen MR) is 62.4 cm³/mol. The lowest BCUT2D eigenvalue weighted by Gasteiger charge is -2.40. The van der Waals surface area contributed by atoms with Crippen molar-refractivity contribution in [3.8, 4) is 0 Å². The fourth-order valence-electron chi connectivity index (χ4n) is 2.26. The highest BCUT2D eigenvalue weighted by atomic mass is 35.5. The van der Waals surface area contributed by atoms with Gasteiger partial charge in [-0.1, -0.05) is 24.3 Å². The quantitative estimate of drug-likeness (QED) is 0.724. The first-order chi connectivity index (χ1) is 6.93. The van der Waals surface area contributed by atoms with Crippen LogP contribution in [0.1, 0.15) is 11.1 Å². The smallest absolute Gasteiger partial charge is 0.0645 e. The lowest BCUT2D eigenvalue weighted by Crippen LogP contribution is -2.50. The minimum Gasteiger partial charge on any atom is -0.378 e. The minimum absolute atomic E-state index is 0. The zero-order valence-electron chi connectivity index (χ0n) is 8.69. The Hall–Kier alpha value is -0.570. The molecule has 0 unspecified atom stereocenters. The summed E-state index contributed by atoms with van der Waals surface area (Å²) in [5, 5.41) is 0.